The second kappa shape index (κ2) is 8.69. The number of rotatable bonds is 6. The van der Waals surface area contributed by atoms with E-state index in [1.165, 1.54) is 5.56 Å². The van der Waals surface area contributed by atoms with E-state index in [1.54, 1.807) is 0 Å². The lowest BCUT2D eigenvalue weighted by Gasteiger charge is -2.33. The third kappa shape index (κ3) is 4.05. The van der Waals surface area contributed by atoms with E-state index in [2.05, 4.69) is 58.1 Å². The van der Waals surface area contributed by atoms with Gasteiger partial charge in [-0.25, -0.2) is 0 Å². The second-order valence-corrected chi connectivity index (χ2v) is 7.20. The lowest BCUT2D eigenvalue weighted by Crippen LogP contribution is -2.37. The minimum atomic E-state index is 0.234. The van der Waals surface area contributed by atoms with E-state index in [0.717, 1.165) is 48.4 Å². The third-order valence-electron chi connectivity index (χ3n) is 5.43. The Bertz CT molecular complexity index is 962. The predicted octanol–water partition coefficient (Wildman–Crippen LogP) is 4.11. The summed E-state index contributed by atoms with van der Waals surface area (Å²) in [4.78, 5) is 4.57. The van der Waals surface area contributed by atoms with Crippen molar-refractivity contribution in [2.75, 3.05) is 18.4 Å². The molecule has 0 radical (unpaired) electrons. The summed E-state index contributed by atoms with van der Waals surface area (Å²) in [5, 5.41) is 16.6. The van der Waals surface area contributed by atoms with Gasteiger partial charge in [0.2, 0.25) is 0 Å². The highest BCUT2D eigenvalue weighted by molar-refractivity contribution is 5.50. The first kappa shape index (κ1) is 18.2. The highest BCUT2D eigenvalue weighted by atomic mass is 15.0. The van der Waals surface area contributed by atoms with Crippen molar-refractivity contribution in [2.45, 2.75) is 18.9 Å². The van der Waals surface area contributed by atoms with Crippen LogP contribution < -0.4 is 10.6 Å². The Labute approximate surface area is 166 Å². The van der Waals surface area contributed by atoms with E-state index in [4.69, 9.17) is 0 Å². The Hall–Kier alpha value is -3.16. The maximum atomic E-state index is 9.32. The molecule has 2 N–H and O–H groups in total. The fraction of sp³-hybridized carbons (Fsp3) is 0.250. The normalized spacial score (nSPS) is 16.5. The molecule has 4 nitrogen and oxygen atoms in total. The van der Waals surface area contributed by atoms with Crippen molar-refractivity contribution >= 4 is 5.69 Å². The Balaban J connectivity index is 1.50. The summed E-state index contributed by atoms with van der Waals surface area (Å²) < 4.78 is 0. The molecule has 0 amide bonds. The van der Waals surface area contributed by atoms with E-state index in [1.807, 2.05) is 36.5 Å². The highest BCUT2D eigenvalue weighted by Crippen LogP contribution is 2.31. The van der Waals surface area contributed by atoms with Crippen LogP contribution in [-0.4, -0.2) is 18.1 Å². The van der Waals surface area contributed by atoms with Crippen molar-refractivity contribution in [3.05, 3.63) is 95.3 Å². The van der Waals surface area contributed by atoms with Crippen molar-refractivity contribution < 1.29 is 0 Å². The fourth-order valence-corrected chi connectivity index (χ4v) is 3.99. The summed E-state index contributed by atoms with van der Waals surface area (Å²) in [7, 11) is 0. The molecule has 1 aliphatic rings. The molecule has 1 aromatic heterocycles. The lowest BCUT2D eigenvalue weighted by molar-refractivity contribution is 0.365. The Morgan fingerprint density at radius 2 is 1.89 bits per heavy atom. The Morgan fingerprint density at radius 3 is 2.75 bits per heavy atom. The van der Waals surface area contributed by atoms with Crippen LogP contribution in [0.25, 0.3) is 0 Å². The number of nitrogens with zero attached hydrogens (tertiary/aromatic N) is 2. The summed E-state index contributed by atoms with van der Waals surface area (Å²) in [5.41, 5.74) is 5.43. The van der Waals surface area contributed by atoms with Gasteiger partial charge in [-0.05, 0) is 48.7 Å². The molecule has 0 fully saturated rings. The molecule has 4 heteroatoms. The van der Waals surface area contributed by atoms with Crippen molar-refractivity contribution in [1.82, 2.24) is 10.3 Å². The molecule has 0 aliphatic carbocycles. The number of aromatic nitrogens is 1. The second-order valence-electron chi connectivity index (χ2n) is 7.20. The number of nitrogens with one attached hydrogen (secondary N) is 2. The Kier molecular flexibility index (Phi) is 5.65. The summed E-state index contributed by atoms with van der Waals surface area (Å²) in [6.45, 7) is 1.74. The predicted molar refractivity (Wildman–Crippen MR) is 112 cm³/mol. The van der Waals surface area contributed by atoms with E-state index in [0.29, 0.717) is 5.92 Å². The van der Waals surface area contributed by atoms with Gasteiger partial charge in [0, 0.05) is 24.7 Å². The summed E-state index contributed by atoms with van der Waals surface area (Å²) >= 11 is 0. The third-order valence-corrected chi connectivity index (χ3v) is 5.43. The van der Waals surface area contributed by atoms with Gasteiger partial charge in [0.1, 0.15) is 0 Å². The molecule has 3 aromatic rings. The first-order valence-corrected chi connectivity index (χ1v) is 9.79. The molecule has 2 heterocycles. The molecule has 1 aliphatic heterocycles. The van der Waals surface area contributed by atoms with Crippen molar-refractivity contribution in [1.29, 1.82) is 5.26 Å². The van der Waals surface area contributed by atoms with Crippen LogP contribution in [0.1, 0.15) is 28.4 Å². The van der Waals surface area contributed by atoms with Crippen molar-refractivity contribution in [3.8, 4) is 6.07 Å². The van der Waals surface area contributed by atoms with Gasteiger partial charge in [-0.1, -0.05) is 48.5 Å². The van der Waals surface area contributed by atoms with Gasteiger partial charge in [-0.2, -0.15) is 5.26 Å². The van der Waals surface area contributed by atoms with E-state index in [-0.39, 0.29) is 6.04 Å². The van der Waals surface area contributed by atoms with Gasteiger partial charge in [0.15, 0.2) is 0 Å². The monoisotopic (exact) mass is 368 g/mol. The van der Waals surface area contributed by atoms with Crippen LogP contribution in [0.15, 0.2) is 72.9 Å². The average molecular weight is 368 g/mol. The molecular formula is C24H24N4. The summed E-state index contributed by atoms with van der Waals surface area (Å²) in [6, 6.07) is 25.1. The highest BCUT2D eigenvalue weighted by Gasteiger charge is 2.27. The number of hydrogen-bond donors (Lipinski definition) is 2. The fourth-order valence-electron chi connectivity index (χ4n) is 3.99. The molecule has 0 spiro atoms. The standard InChI is InChI=1S/C24H24N4/c25-16-20-10-5-4-7-18(20)12-14-27-24(19-8-2-1-3-9-19)21-15-23-22(28-17-21)11-6-13-26-23/h1-11,13,21,24,27-28H,12,14-15,17H2/t21-,24-/m1/s1. The van der Waals surface area contributed by atoms with Crippen LogP contribution in [0.4, 0.5) is 5.69 Å². The van der Waals surface area contributed by atoms with Gasteiger partial charge in [0.05, 0.1) is 23.0 Å². The quantitative estimate of drug-likeness (QED) is 0.687. The number of hydrogen-bond acceptors (Lipinski definition) is 4. The number of anilines is 1. The van der Waals surface area contributed by atoms with E-state index < -0.39 is 0 Å². The number of pyridine rings is 1. The first-order valence-electron chi connectivity index (χ1n) is 9.79. The minimum absolute atomic E-state index is 0.234. The molecule has 0 bridgehead atoms. The van der Waals surface area contributed by atoms with Gasteiger partial charge in [-0.15, -0.1) is 0 Å². The summed E-state index contributed by atoms with van der Waals surface area (Å²) in [5.74, 6) is 0.413. The molecule has 140 valence electrons. The number of nitriles is 1. The lowest BCUT2D eigenvalue weighted by atomic mass is 9.86. The molecule has 0 unspecified atom stereocenters. The van der Waals surface area contributed by atoms with Gasteiger partial charge in [-0.3, -0.25) is 4.98 Å². The van der Waals surface area contributed by atoms with Crippen LogP contribution >= 0.6 is 0 Å². The first-order chi connectivity index (χ1) is 13.8. The molecule has 28 heavy (non-hydrogen) atoms. The topological polar surface area (TPSA) is 60.7 Å². The molecule has 2 atom stereocenters. The SMILES string of the molecule is N#Cc1ccccc1CCN[C@H](c1ccccc1)[C@H]1CNc2cccnc2C1. The van der Waals surface area contributed by atoms with Crippen molar-refractivity contribution in [3.63, 3.8) is 0 Å². The zero-order chi connectivity index (χ0) is 19.2. The van der Waals surface area contributed by atoms with Crippen LogP contribution in [-0.2, 0) is 12.8 Å². The van der Waals surface area contributed by atoms with Crippen LogP contribution in [0, 0.1) is 17.2 Å². The average Bonchev–Trinajstić information content (AvgIpc) is 2.77. The Morgan fingerprint density at radius 1 is 1.07 bits per heavy atom. The van der Waals surface area contributed by atoms with E-state index in [9.17, 15) is 5.26 Å². The molecule has 4 rings (SSSR count). The van der Waals surface area contributed by atoms with Gasteiger partial charge < -0.3 is 10.6 Å². The number of benzene rings is 2. The molecule has 0 saturated carbocycles. The maximum Gasteiger partial charge on any atom is 0.0994 e. The van der Waals surface area contributed by atoms with E-state index >= 15 is 0 Å². The largest absolute Gasteiger partial charge is 0.383 e. The zero-order valence-corrected chi connectivity index (χ0v) is 15.8. The van der Waals surface area contributed by atoms with Gasteiger partial charge >= 0.3 is 0 Å². The maximum absolute atomic E-state index is 9.32. The zero-order valence-electron chi connectivity index (χ0n) is 15.8. The van der Waals surface area contributed by atoms with Gasteiger partial charge in [0.25, 0.3) is 0 Å². The minimum Gasteiger partial charge on any atom is -0.383 e. The summed E-state index contributed by atoms with van der Waals surface area (Å²) in [6.07, 6.45) is 3.65. The number of fused-ring (bicyclic) bond motifs is 1. The van der Waals surface area contributed by atoms with Crippen molar-refractivity contribution in [2.24, 2.45) is 5.92 Å². The smallest absolute Gasteiger partial charge is 0.0994 e. The van der Waals surface area contributed by atoms with Crippen LogP contribution in [0.5, 0.6) is 0 Å². The van der Waals surface area contributed by atoms with Crippen LogP contribution in [0.2, 0.25) is 0 Å². The van der Waals surface area contributed by atoms with Crippen LogP contribution in [0.3, 0.4) is 0 Å². The molecule has 0 saturated heterocycles. The molecular weight excluding hydrogens is 344 g/mol. The molecule has 2 aromatic carbocycles.